The molecule has 0 bridgehead atoms. The van der Waals surface area contributed by atoms with Crippen molar-refractivity contribution in [2.45, 2.75) is 246 Å². The largest absolute Gasteiger partial charge is 0.371 e. The maximum atomic E-state index is 11.9. The molecule has 0 aromatic carbocycles. The Morgan fingerprint density at radius 2 is 1.08 bits per heavy atom. The Morgan fingerprint density at radius 3 is 1.61 bits per heavy atom. The molecule has 9 aliphatic carbocycles. The van der Waals surface area contributed by atoms with Crippen molar-refractivity contribution in [3.05, 3.63) is 22.3 Å². The smallest absolute Gasteiger partial charge is 0.274 e. The third kappa shape index (κ3) is 9.47. The lowest BCUT2D eigenvalue weighted by atomic mass is 9.52. The fourth-order valence-corrected chi connectivity index (χ4v) is 22.9. The number of nitrogens with zero attached hydrogens (tertiary/aromatic N) is 1. The first-order chi connectivity index (χ1) is 33.4. The molecular formula is C60H102N4O6S2. The van der Waals surface area contributed by atoms with Crippen LogP contribution < -0.4 is 14.6 Å². The van der Waals surface area contributed by atoms with Crippen LogP contribution in [-0.4, -0.2) is 83.1 Å². The number of allylic oxidation sites excluding steroid dienone is 2. The summed E-state index contributed by atoms with van der Waals surface area (Å²) in [4.78, 5) is 2.61. The van der Waals surface area contributed by atoms with E-state index >= 15 is 0 Å². The molecule has 0 unspecified atom stereocenters. The molecule has 12 aliphatic rings. The third-order valence-corrected chi connectivity index (χ3v) is 26.2. The van der Waals surface area contributed by atoms with Crippen LogP contribution >= 0.6 is 0 Å². The number of nitrogens with one attached hydrogen (secondary N) is 2. The highest BCUT2D eigenvalue weighted by Crippen LogP contribution is 2.68. The van der Waals surface area contributed by atoms with Gasteiger partial charge in [-0.1, -0.05) is 77.7 Å². The highest BCUT2D eigenvalue weighted by Gasteiger charge is 2.62. The van der Waals surface area contributed by atoms with Gasteiger partial charge in [-0.25, -0.2) is 18.3 Å². The van der Waals surface area contributed by atoms with E-state index in [1.54, 1.807) is 22.3 Å². The summed E-state index contributed by atoms with van der Waals surface area (Å²) < 4.78 is 66.9. The van der Waals surface area contributed by atoms with E-state index in [0.717, 1.165) is 98.2 Å². The second-order valence-electron chi connectivity index (χ2n) is 28.6. The number of likely N-dealkylation sites (tertiary alicyclic amines) is 1. The number of nitrogens with two attached hydrogens (primary N) is 1. The highest BCUT2D eigenvalue weighted by molar-refractivity contribution is 7.88. The predicted molar refractivity (Wildman–Crippen MR) is 291 cm³/mol. The van der Waals surface area contributed by atoms with E-state index in [0.29, 0.717) is 52.8 Å². The number of piperidine rings is 1. The van der Waals surface area contributed by atoms with E-state index in [2.05, 4.69) is 76.8 Å². The summed E-state index contributed by atoms with van der Waals surface area (Å²) in [6, 6.07) is 0.724. The lowest BCUT2D eigenvalue weighted by molar-refractivity contribution is -0.0797. The van der Waals surface area contributed by atoms with Gasteiger partial charge in [0, 0.05) is 30.6 Å². The molecule has 7 saturated carbocycles. The van der Waals surface area contributed by atoms with Gasteiger partial charge in [0.1, 0.15) is 0 Å². The molecule has 10 nitrogen and oxygen atoms in total. The summed E-state index contributed by atoms with van der Waals surface area (Å²) in [5, 5.41) is 5.31. The van der Waals surface area contributed by atoms with Crippen LogP contribution in [0.4, 0.5) is 0 Å². The number of likely N-dealkylation sites (N-methyl/N-ethyl adjacent to an activating group) is 1. The Labute approximate surface area is 439 Å². The third-order valence-electron chi connectivity index (χ3n) is 24.8. The molecular weight excluding hydrogens is 937 g/mol. The van der Waals surface area contributed by atoms with Gasteiger partial charge in [-0.15, -0.1) is 0 Å². The first-order valence-corrected chi connectivity index (χ1v) is 33.0. The van der Waals surface area contributed by atoms with Gasteiger partial charge in [-0.3, -0.25) is 0 Å². The van der Waals surface area contributed by atoms with Crippen molar-refractivity contribution in [3.8, 4) is 0 Å². The summed E-state index contributed by atoms with van der Waals surface area (Å²) in [7, 11) is -4.43. The molecule has 3 saturated heterocycles. The summed E-state index contributed by atoms with van der Waals surface area (Å²) in [6.07, 6.45) is 28.7. The molecule has 12 rings (SSSR count). The monoisotopic (exact) mass is 1040 g/mol. The van der Waals surface area contributed by atoms with Crippen LogP contribution in [0, 0.1) is 87.8 Å². The Balaban J connectivity index is 0.000000163. The number of fused-ring (bicyclic) bond motifs is 12. The van der Waals surface area contributed by atoms with E-state index in [1.807, 2.05) is 0 Å². The molecule has 0 aromatic rings. The topological polar surface area (TPSA) is 140 Å². The van der Waals surface area contributed by atoms with Gasteiger partial charge in [-0.2, -0.15) is 13.1 Å². The first kappa shape index (κ1) is 54.5. The van der Waals surface area contributed by atoms with Crippen LogP contribution in [0.3, 0.4) is 0 Å². The molecule has 10 fully saturated rings. The van der Waals surface area contributed by atoms with Crippen LogP contribution in [0.1, 0.15) is 204 Å². The van der Waals surface area contributed by atoms with Crippen molar-refractivity contribution in [1.82, 2.24) is 14.3 Å². The first-order valence-electron chi connectivity index (χ1n) is 29.6. The van der Waals surface area contributed by atoms with Crippen molar-refractivity contribution in [2.75, 3.05) is 19.8 Å². The van der Waals surface area contributed by atoms with E-state index in [-0.39, 0.29) is 30.7 Å². The summed E-state index contributed by atoms with van der Waals surface area (Å²) >= 11 is 0. The summed E-state index contributed by atoms with van der Waals surface area (Å²) in [5.74, 6) is 9.48. The van der Waals surface area contributed by atoms with Crippen LogP contribution in [0.25, 0.3) is 0 Å². The lowest BCUT2D eigenvalue weighted by Gasteiger charge is -2.54. The maximum Gasteiger partial charge on any atom is 0.274 e. The number of ether oxygens (including phenoxy) is 2. The average Bonchev–Trinajstić information content (AvgIpc) is 3.95. The van der Waals surface area contributed by atoms with Crippen LogP contribution in [0.15, 0.2) is 22.3 Å². The highest BCUT2D eigenvalue weighted by atomic mass is 32.2. The van der Waals surface area contributed by atoms with Crippen LogP contribution in [0.5, 0.6) is 0 Å². The van der Waals surface area contributed by atoms with Gasteiger partial charge >= 0.3 is 0 Å². The Kier molecular flexibility index (Phi) is 14.8. The molecule has 0 amide bonds. The molecule has 22 atom stereocenters. The molecule has 4 N–H and O–H groups in total. The number of hydrogen-bond donors (Lipinski definition) is 3. The molecule has 12 heteroatoms. The summed E-state index contributed by atoms with van der Waals surface area (Å²) in [5.41, 5.74) is 7.70. The molecule has 3 aliphatic heterocycles. The van der Waals surface area contributed by atoms with E-state index in [1.165, 1.54) is 109 Å². The van der Waals surface area contributed by atoms with Gasteiger partial charge in [0.05, 0.1) is 29.7 Å². The quantitative estimate of drug-likeness (QED) is 0.238. The standard InChI is InChI=1S/C30H50N2O3S.C29H48N2O3S.CH4/c1-18-13-27-28(32(5)17-18)20(3)30(35-27)12-10-23-24-8-7-21-14-22(31-36(6,33)34)9-11-29(21,4)26(24)15-25(23)19(2)16-30;1-17-5-7-22-19(3)29(34-27(22)13-17)12-10-23-24-8-6-20-14-21(31-35(30,32)33)9-11-28(20,4)26(24)15-25(23)18(2)16-29;/h18,20-24,26-28,31H,7-17H2,1-6H3;17,19-24,26-27,31H,5-16H2,1-4H3,(H2,30,32,33);1H4/t18-,20+,21+,22+,23-,24-,26-,27+,28-,29-,30-;17-,19-,20-,21-,22+,23+,24+,26+,27-,28+,29+;/m01./s1. The molecule has 0 aromatic heterocycles. The van der Waals surface area contributed by atoms with E-state index in [9.17, 15) is 16.8 Å². The second kappa shape index (κ2) is 19.5. The molecule has 72 heavy (non-hydrogen) atoms. The molecule has 2 spiro atoms. The second-order valence-corrected chi connectivity index (χ2v) is 31.7. The van der Waals surface area contributed by atoms with Gasteiger partial charge in [0.25, 0.3) is 10.2 Å². The van der Waals surface area contributed by atoms with Crippen molar-refractivity contribution in [2.24, 2.45) is 92.9 Å². The van der Waals surface area contributed by atoms with E-state index in [4.69, 9.17) is 14.6 Å². The van der Waals surface area contributed by atoms with Crippen LogP contribution in [0.2, 0.25) is 0 Å². The minimum Gasteiger partial charge on any atom is -0.371 e. The Hall–Kier alpha value is -0.860. The predicted octanol–water partition coefficient (Wildman–Crippen LogP) is 11.7. The van der Waals surface area contributed by atoms with Crippen molar-refractivity contribution < 1.29 is 26.3 Å². The maximum absolute atomic E-state index is 11.9. The summed E-state index contributed by atoms with van der Waals surface area (Å²) in [6.45, 7) is 21.0. The molecule has 3 heterocycles. The Morgan fingerprint density at radius 1 is 0.597 bits per heavy atom. The fraction of sp³-hybridized carbons (Fsp3) is 0.933. The minimum atomic E-state index is -3.62. The zero-order chi connectivity index (χ0) is 50.4. The van der Waals surface area contributed by atoms with Crippen LogP contribution in [-0.2, 0) is 29.7 Å². The van der Waals surface area contributed by atoms with Crippen molar-refractivity contribution in [3.63, 3.8) is 0 Å². The lowest BCUT2D eigenvalue weighted by Crippen LogP contribution is -2.51. The van der Waals surface area contributed by atoms with Gasteiger partial charge < -0.3 is 14.4 Å². The molecule has 410 valence electrons. The minimum absolute atomic E-state index is 0. The fourth-order valence-electron chi connectivity index (χ4n) is 21.4. The number of hydrogen-bond acceptors (Lipinski definition) is 7. The van der Waals surface area contributed by atoms with Gasteiger partial charge in [-0.05, 0) is 238 Å². The van der Waals surface area contributed by atoms with E-state index < -0.39 is 20.2 Å². The number of sulfonamides is 1. The van der Waals surface area contributed by atoms with Crippen molar-refractivity contribution in [1.29, 1.82) is 0 Å². The molecule has 0 radical (unpaired) electrons. The van der Waals surface area contributed by atoms with Crippen molar-refractivity contribution >= 4 is 20.2 Å². The SMILES string of the molecule is C.CC1=C2C[C@H]3[C@@H](CC[C@@H]4C[C@H](NS(C)(=O)=O)CC[C@@]43C)[C@@H]2CC[C@@]2(C1)O[C@@H]1C[C@H](C)CN(C)[C@H]1[C@H]2C.CC1=C2C[C@H]3[C@@H](CC[C@@H]4C[C@H](NS(N)(=O)=O)CC[C@@]43C)[C@@H]2CC[C@@]2(C1)O[C@@H]1C[C@H](C)CC[C@H]1[C@H]2C. The Bertz CT molecular complexity index is 2340. The number of rotatable bonds is 4. The zero-order valence-electron chi connectivity index (χ0n) is 45.9. The normalized spacial score (nSPS) is 51.0. The zero-order valence-corrected chi connectivity index (χ0v) is 47.6. The average molecular weight is 1040 g/mol. The van der Waals surface area contributed by atoms with Gasteiger partial charge in [0.15, 0.2) is 0 Å². The van der Waals surface area contributed by atoms with Gasteiger partial charge in [0.2, 0.25) is 10.0 Å².